The highest BCUT2D eigenvalue weighted by molar-refractivity contribution is 7.09. The Balaban J connectivity index is 1.14. The molecule has 2 aromatic carbocycles. The fourth-order valence-corrected chi connectivity index (χ4v) is 5.49. The number of nitrogens with zero attached hydrogens (tertiary/aromatic N) is 4. The van der Waals surface area contributed by atoms with Crippen LogP contribution < -0.4 is 0 Å². The number of furan rings is 1. The number of hydrogen-bond acceptors (Lipinski definition) is 7. The molecule has 1 aliphatic rings. The number of fused-ring (bicyclic) bond motifs is 1. The van der Waals surface area contributed by atoms with E-state index in [4.69, 9.17) is 4.42 Å². The number of thiazole rings is 1. The maximum absolute atomic E-state index is 12.9. The van der Waals surface area contributed by atoms with E-state index in [1.54, 1.807) is 35.5 Å². The SMILES string of the molecule is CN(CCc1ccc([N+](=O)[O-])cc1)C(=O)c1csc(C2CCN(C(=O)c3cc4ccccc4o3)CC2)n1. The summed E-state index contributed by atoms with van der Waals surface area (Å²) in [5, 5.41) is 14.4. The minimum atomic E-state index is -0.429. The van der Waals surface area contributed by atoms with Gasteiger partial charge in [-0.15, -0.1) is 11.3 Å². The molecule has 2 aromatic heterocycles. The van der Waals surface area contributed by atoms with Crippen LogP contribution in [0.3, 0.4) is 0 Å². The second-order valence-electron chi connectivity index (χ2n) is 9.19. The number of para-hydroxylation sites is 1. The average Bonchev–Trinajstić information content (AvgIpc) is 3.59. The molecule has 0 unspecified atom stereocenters. The van der Waals surface area contributed by atoms with Crippen molar-refractivity contribution in [2.24, 2.45) is 0 Å². The third-order valence-corrected chi connectivity index (χ3v) is 7.75. The molecule has 190 valence electrons. The monoisotopic (exact) mass is 518 g/mol. The Hall–Kier alpha value is -4.05. The average molecular weight is 519 g/mol. The zero-order chi connectivity index (χ0) is 25.9. The van der Waals surface area contributed by atoms with Crippen molar-refractivity contribution in [1.82, 2.24) is 14.8 Å². The third-order valence-electron chi connectivity index (χ3n) is 6.74. The molecule has 0 atom stereocenters. The van der Waals surface area contributed by atoms with Gasteiger partial charge in [0.2, 0.25) is 0 Å². The van der Waals surface area contributed by atoms with Crippen molar-refractivity contribution >= 4 is 39.8 Å². The van der Waals surface area contributed by atoms with Crippen molar-refractivity contribution in [3.05, 3.63) is 92.1 Å². The number of amides is 2. The molecular formula is C27H26N4O5S. The van der Waals surface area contributed by atoms with Crippen LogP contribution in [0.2, 0.25) is 0 Å². The third kappa shape index (κ3) is 5.39. The highest BCUT2D eigenvalue weighted by Crippen LogP contribution is 2.31. The quantitative estimate of drug-likeness (QED) is 0.248. The van der Waals surface area contributed by atoms with Gasteiger partial charge in [-0.2, -0.15) is 0 Å². The van der Waals surface area contributed by atoms with Crippen molar-refractivity contribution in [2.45, 2.75) is 25.2 Å². The molecule has 37 heavy (non-hydrogen) atoms. The number of carbonyl (C=O) groups excluding carboxylic acids is 2. The van der Waals surface area contributed by atoms with Crippen LogP contribution in [0.1, 0.15) is 50.4 Å². The molecule has 1 aliphatic heterocycles. The first-order valence-corrected chi connectivity index (χ1v) is 13.0. The van der Waals surface area contributed by atoms with Gasteiger partial charge in [0.25, 0.3) is 17.5 Å². The molecule has 0 N–H and O–H groups in total. The lowest BCUT2D eigenvalue weighted by molar-refractivity contribution is -0.384. The van der Waals surface area contributed by atoms with Gasteiger partial charge < -0.3 is 14.2 Å². The molecule has 1 fully saturated rings. The van der Waals surface area contributed by atoms with E-state index in [0.717, 1.165) is 28.8 Å². The number of benzene rings is 2. The molecular weight excluding hydrogens is 492 g/mol. The van der Waals surface area contributed by atoms with E-state index < -0.39 is 4.92 Å². The zero-order valence-corrected chi connectivity index (χ0v) is 21.1. The molecule has 5 rings (SSSR count). The molecule has 1 saturated heterocycles. The first kappa shape index (κ1) is 24.6. The summed E-state index contributed by atoms with van der Waals surface area (Å²) in [4.78, 5) is 44.3. The molecule has 0 aliphatic carbocycles. The van der Waals surface area contributed by atoms with Gasteiger partial charge >= 0.3 is 0 Å². The maximum Gasteiger partial charge on any atom is 0.289 e. The van der Waals surface area contributed by atoms with Crippen molar-refractivity contribution in [2.75, 3.05) is 26.7 Å². The second kappa shape index (κ2) is 10.5. The van der Waals surface area contributed by atoms with Gasteiger partial charge in [-0.3, -0.25) is 19.7 Å². The van der Waals surface area contributed by atoms with E-state index >= 15 is 0 Å². The molecule has 2 amide bonds. The molecule has 0 bridgehead atoms. The highest BCUT2D eigenvalue weighted by atomic mass is 32.1. The zero-order valence-electron chi connectivity index (χ0n) is 20.3. The van der Waals surface area contributed by atoms with E-state index in [9.17, 15) is 19.7 Å². The van der Waals surface area contributed by atoms with Gasteiger partial charge in [-0.05, 0) is 37.0 Å². The Morgan fingerprint density at radius 1 is 1.16 bits per heavy atom. The van der Waals surface area contributed by atoms with Crippen LogP contribution in [0.15, 0.2) is 64.4 Å². The minimum absolute atomic E-state index is 0.0490. The van der Waals surface area contributed by atoms with Crippen molar-refractivity contribution < 1.29 is 18.9 Å². The first-order valence-electron chi connectivity index (χ1n) is 12.1. The number of non-ortho nitro benzene ring substituents is 1. The smallest absolute Gasteiger partial charge is 0.289 e. The fourth-order valence-electron chi connectivity index (χ4n) is 4.52. The van der Waals surface area contributed by atoms with E-state index in [2.05, 4.69) is 4.98 Å². The molecule has 0 radical (unpaired) electrons. The standard InChI is InChI=1S/C27H26N4O5S/c1-29(13-10-18-6-8-21(9-7-18)31(34)35)26(32)22-17-37-25(28-22)19-11-14-30(15-12-19)27(33)24-16-20-4-2-3-5-23(20)36-24/h2-9,16-17,19H,10-15H2,1H3. The van der Waals surface area contributed by atoms with Crippen LogP contribution in [0.25, 0.3) is 11.0 Å². The minimum Gasteiger partial charge on any atom is -0.451 e. The molecule has 9 nitrogen and oxygen atoms in total. The summed E-state index contributed by atoms with van der Waals surface area (Å²) < 4.78 is 5.74. The number of piperidine rings is 1. The maximum atomic E-state index is 12.9. The molecule has 10 heteroatoms. The van der Waals surface area contributed by atoms with Gasteiger partial charge in [0.05, 0.1) is 9.93 Å². The molecule has 0 saturated carbocycles. The van der Waals surface area contributed by atoms with Gasteiger partial charge in [0.1, 0.15) is 11.3 Å². The number of hydrogen-bond donors (Lipinski definition) is 0. The summed E-state index contributed by atoms with van der Waals surface area (Å²) in [7, 11) is 1.73. The number of carbonyl (C=O) groups is 2. The van der Waals surface area contributed by atoms with E-state index in [0.29, 0.717) is 43.1 Å². The molecule has 4 aromatic rings. The van der Waals surface area contributed by atoms with Crippen LogP contribution in [0.5, 0.6) is 0 Å². The predicted octanol–water partition coefficient (Wildman–Crippen LogP) is 5.13. The van der Waals surface area contributed by atoms with Crippen molar-refractivity contribution in [3.63, 3.8) is 0 Å². The van der Waals surface area contributed by atoms with Crippen molar-refractivity contribution in [1.29, 1.82) is 0 Å². The normalized spacial score (nSPS) is 14.1. The Kier molecular flexibility index (Phi) is 7.00. The molecule has 3 heterocycles. The number of likely N-dealkylation sites (tertiary alicyclic amines) is 1. The largest absolute Gasteiger partial charge is 0.451 e. The van der Waals surface area contributed by atoms with Gasteiger partial charge in [-0.1, -0.05) is 30.3 Å². The van der Waals surface area contributed by atoms with Gasteiger partial charge in [0.15, 0.2) is 5.76 Å². The summed E-state index contributed by atoms with van der Waals surface area (Å²) in [6, 6.07) is 15.7. The number of rotatable bonds is 7. The first-order chi connectivity index (χ1) is 17.9. The lowest BCUT2D eigenvalue weighted by Crippen LogP contribution is -2.37. The van der Waals surface area contributed by atoms with Crippen LogP contribution >= 0.6 is 11.3 Å². The highest BCUT2D eigenvalue weighted by Gasteiger charge is 2.28. The fraction of sp³-hybridized carbons (Fsp3) is 0.296. The summed E-state index contributed by atoms with van der Waals surface area (Å²) in [5.41, 5.74) is 2.10. The van der Waals surface area contributed by atoms with Crippen LogP contribution in [-0.4, -0.2) is 58.2 Å². The van der Waals surface area contributed by atoms with Crippen molar-refractivity contribution in [3.8, 4) is 0 Å². The number of nitro benzene ring substituents is 1. The van der Waals surface area contributed by atoms with E-state index in [1.165, 1.54) is 23.5 Å². The van der Waals surface area contributed by atoms with Crippen LogP contribution in [-0.2, 0) is 6.42 Å². The Bertz CT molecular complexity index is 1400. The summed E-state index contributed by atoms with van der Waals surface area (Å²) in [6.45, 7) is 1.70. The van der Waals surface area contributed by atoms with E-state index in [1.807, 2.05) is 29.2 Å². The summed E-state index contributed by atoms with van der Waals surface area (Å²) in [6.07, 6.45) is 2.15. The Labute approximate surface area is 217 Å². The van der Waals surface area contributed by atoms with Crippen LogP contribution in [0, 0.1) is 10.1 Å². The number of aromatic nitrogens is 1. The Morgan fingerprint density at radius 3 is 2.59 bits per heavy atom. The van der Waals surface area contributed by atoms with Gasteiger partial charge in [-0.25, -0.2) is 4.98 Å². The topological polar surface area (TPSA) is 110 Å². The summed E-state index contributed by atoms with van der Waals surface area (Å²) in [5.74, 6) is 0.316. The lowest BCUT2D eigenvalue weighted by Gasteiger charge is -2.30. The predicted molar refractivity (Wildman–Crippen MR) is 140 cm³/mol. The van der Waals surface area contributed by atoms with Crippen LogP contribution in [0.4, 0.5) is 5.69 Å². The molecule has 0 spiro atoms. The number of nitro groups is 1. The second-order valence-corrected chi connectivity index (χ2v) is 10.1. The lowest BCUT2D eigenvalue weighted by atomic mass is 9.97. The summed E-state index contributed by atoms with van der Waals surface area (Å²) >= 11 is 1.49. The Morgan fingerprint density at radius 2 is 1.89 bits per heavy atom. The van der Waals surface area contributed by atoms with Gasteiger partial charge in [0, 0.05) is 55.5 Å². The van der Waals surface area contributed by atoms with E-state index in [-0.39, 0.29) is 23.4 Å². The number of likely N-dealkylation sites (N-methyl/N-ethyl adjacent to an activating group) is 1.